The van der Waals surface area contributed by atoms with Gasteiger partial charge in [-0.2, -0.15) is 13.2 Å². The molecule has 0 N–H and O–H groups in total. The van der Waals surface area contributed by atoms with Crippen LogP contribution >= 0.6 is 0 Å². The Morgan fingerprint density at radius 1 is 0.950 bits per heavy atom. The summed E-state index contributed by atoms with van der Waals surface area (Å²) in [5.41, 5.74) is 0. The van der Waals surface area contributed by atoms with Crippen molar-refractivity contribution in [2.75, 3.05) is 20.0 Å². The summed E-state index contributed by atoms with van der Waals surface area (Å²) in [6.07, 6.45) is -5.75. The van der Waals surface area contributed by atoms with Crippen LogP contribution in [-0.2, 0) is 23.7 Å². The minimum atomic E-state index is -5.03. The fourth-order valence-electron chi connectivity index (χ4n) is 1.01. The SMILES string of the molecule is CC(C)OCC(COC(C)C)OCOC(=O)C(F)(F)F. The summed E-state index contributed by atoms with van der Waals surface area (Å²) >= 11 is 0. The summed E-state index contributed by atoms with van der Waals surface area (Å²) in [6.45, 7) is 6.70. The molecule has 0 fully saturated rings. The number of carbonyl (C=O) groups is 1. The molecule has 0 rings (SSSR count). The van der Waals surface area contributed by atoms with Crippen molar-refractivity contribution >= 4 is 5.97 Å². The van der Waals surface area contributed by atoms with E-state index in [0.29, 0.717) is 0 Å². The third kappa shape index (κ3) is 9.99. The molecule has 0 spiro atoms. The van der Waals surface area contributed by atoms with Gasteiger partial charge in [0.1, 0.15) is 6.10 Å². The maximum Gasteiger partial charge on any atom is 0.491 e. The fourth-order valence-corrected chi connectivity index (χ4v) is 1.01. The normalized spacial score (nSPS) is 12.5. The minimum absolute atomic E-state index is 0.0575. The third-order valence-corrected chi connectivity index (χ3v) is 1.96. The average molecular weight is 302 g/mol. The summed E-state index contributed by atoms with van der Waals surface area (Å²) in [5, 5.41) is 0. The highest BCUT2D eigenvalue weighted by molar-refractivity contribution is 5.75. The second kappa shape index (κ2) is 9.15. The number of halogens is 3. The first kappa shape index (κ1) is 19.1. The minimum Gasteiger partial charge on any atom is -0.432 e. The Bertz CT molecular complexity index is 267. The number of esters is 1. The second-order valence-electron chi connectivity index (χ2n) is 4.60. The predicted octanol–water partition coefficient (Wildman–Crippen LogP) is 2.28. The smallest absolute Gasteiger partial charge is 0.432 e. The van der Waals surface area contributed by atoms with Crippen LogP contribution < -0.4 is 0 Å². The zero-order valence-corrected chi connectivity index (χ0v) is 12.0. The third-order valence-electron chi connectivity index (χ3n) is 1.96. The molecule has 120 valence electrons. The Morgan fingerprint density at radius 3 is 1.75 bits per heavy atom. The number of hydrogen-bond donors (Lipinski definition) is 0. The van der Waals surface area contributed by atoms with E-state index in [1.807, 2.05) is 27.7 Å². The fraction of sp³-hybridized carbons (Fsp3) is 0.917. The van der Waals surface area contributed by atoms with Crippen LogP contribution in [0, 0.1) is 0 Å². The molecule has 0 saturated carbocycles. The van der Waals surface area contributed by atoms with Crippen molar-refractivity contribution in [2.24, 2.45) is 0 Å². The largest absolute Gasteiger partial charge is 0.491 e. The molecule has 0 aromatic carbocycles. The molecule has 0 aliphatic rings. The van der Waals surface area contributed by atoms with Crippen LogP contribution in [0.15, 0.2) is 0 Å². The van der Waals surface area contributed by atoms with Gasteiger partial charge in [-0.05, 0) is 27.7 Å². The summed E-state index contributed by atoms with van der Waals surface area (Å²) in [6, 6.07) is 0. The van der Waals surface area contributed by atoms with Crippen LogP contribution in [-0.4, -0.2) is 50.5 Å². The maximum atomic E-state index is 11.9. The lowest BCUT2D eigenvalue weighted by Crippen LogP contribution is -2.32. The Labute approximate surface area is 116 Å². The highest BCUT2D eigenvalue weighted by Crippen LogP contribution is 2.16. The number of hydrogen-bond acceptors (Lipinski definition) is 5. The Hall–Kier alpha value is -0.860. The van der Waals surface area contributed by atoms with Crippen LogP contribution in [0.25, 0.3) is 0 Å². The predicted molar refractivity (Wildman–Crippen MR) is 64.1 cm³/mol. The first-order valence-corrected chi connectivity index (χ1v) is 6.21. The standard InChI is InChI=1S/C12H21F3O5/c1-8(2)17-5-10(6-18-9(3)4)19-7-20-11(16)12(13,14)15/h8-10H,5-7H2,1-4H3. The van der Waals surface area contributed by atoms with Gasteiger partial charge in [0.05, 0.1) is 25.4 Å². The van der Waals surface area contributed by atoms with E-state index in [4.69, 9.17) is 14.2 Å². The maximum absolute atomic E-state index is 11.9. The number of alkyl halides is 3. The zero-order valence-electron chi connectivity index (χ0n) is 12.0. The second-order valence-corrected chi connectivity index (χ2v) is 4.60. The van der Waals surface area contributed by atoms with Gasteiger partial charge in [0.15, 0.2) is 6.79 Å². The molecule has 0 aliphatic carbocycles. The molecule has 0 atom stereocenters. The number of ether oxygens (including phenoxy) is 4. The van der Waals surface area contributed by atoms with Crippen molar-refractivity contribution in [3.05, 3.63) is 0 Å². The number of carbonyl (C=O) groups excluding carboxylic acids is 1. The summed E-state index contributed by atoms with van der Waals surface area (Å²) < 4.78 is 55.3. The van der Waals surface area contributed by atoms with E-state index in [1.54, 1.807) is 0 Å². The molecular formula is C12H21F3O5. The molecule has 0 bridgehead atoms. The summed E-state index contributed by atoms with van der Waals surface area (Å²) in [4.78, 5) is 10.5. The molecule has 8 heteroatoms. The molecule has 0 unspecified atom stereocenters. The first-order valence-electron chi connectivity index (χ1n) is 6.21. The Kier molecular flexibility index (Phi) is 8.75. The van der Waals surface area contributed by atoms with Crippen LogP contribution in [0.4, 0.5) is 13.2 Å². The Morgan fingerprint density at radius 2 is 1.40 bits per heavy atom. The van der Waals surface area contributed by atoms with Crippen molar-refractivity contribution in [3.8, 4) is 0 Å². The van der Waals surface area contributed by atoms with Crippen molar-refractivity contribution < 1.29 is 36.9 Å². The molecule has 5 nitrogen and oxygen atoms in total. The number of rotatable bonds is 9. The van der Waals surface area contributed by atoms with Gasteiger partial charge in [-0.3, -0.25) is 0 Å². The molecule has 0 amide bonds. The molecule has 0 radical (unpaired) electrons. The van der Waals surface area contributed by atoms with E-state index in [0.717, 1.165) is 0 Å². The highest BCUT2D eigenvalue weighted by Gasteiger charge is 2.41. The highest BCUT2D eigenvalue weighted by atomic mass is 19.4. The van der Waals surface area contributed by atoms with E-state index < -0.39 is 25.0 Å². The lowest BCUT2D eigenvalue weighted by molar-refractivity contribution is -0.216. The lowest BCUT2D eigenvalue weighted by Gasteiger charge is -2.20. The molecule has 20 heavy (non-hydrogen) atoms. The Balaban J connectivity index is 4.11. The molecule has 0 aromatic rings. The molecule has 0 heterocycles. The van der Waals surface area contributed by atoms with E-state index in [1.165, 1.54) is 0 Å². The molecule has 0 saturated heterocycles. The topological polar surface area (TPSA) is 54.0 Å². The van der Waals surface area contributed by atoms with Crippen molar-refractivity contribution in [2.45, 2.75) is 52.2 Å². The van der Waals surface area contributed by atoms with Crippen molar-refractivity contribution in [3.63, 3.8) is 0 Å². The van der Waals surface area contributed by atoms with E-state index in [9.17, 15) is 18.0 Å². The summed E-state index contributed by atoms with van der Waals surface area (Å²) in [5.74, 6) is -2.29. The van der Waals surface area contributed by atoms with Crippen LogP contribution in [0.3, 0.4) is 0 Å². The molecule has 0 aliphatic heterocycles. The van der Waals surface area contributed by atoms with Gasteiger partial charge >= 0.3 is 12.1 Å². The lowest BCUT2D eigenvalue weighted by atomic mass is 10.4. The van der Waals surface area contributed by atoms with Gasteiger partial charge in [-0.15, -0.1) is 0 Å². The van der Waals surface area contributed by atoms with Gasteiger partial charge in [0.25, 0.3) is 0 Å². The van der Waals surface area contributed by atoms with Crippen molar-refractivity contribution in [1.82, 2.24) is 0 Å². The zero-order chi connectivity index (χ0) is 15.8. The van der Waals surface area contributed by atoms with Crippen molar-refractivity contribution in [1.29, 1.82) is 0 Å². The van der Waals surface area contributed by atoms with Crippen LogP contribution in [0.2, 0.25) is 0 Å². The quantitative estimate of drug-likeness (QED) is 0.483. The van der Waals surface area contributed by atoms with Gasteiger partial charge in [0, 0.05) is 0 Å². The van der Waals surface area contributed by atoms with Gasteiger partial charge in [-0.1, -0.05) is 0 Å². The monoisotopic (exact) mass is 302 g/mol. The van der Waals surface area contributed by atoms with E-state index in [-0.39, 0.29) is 25.4 Å². The first-order chi connectivity index (χ1) is 9.12. The molecular weight excluding hydrogens is 281 g/mol. The average Bonchev–Trinajstić information content (AvgIpc) is 2.29. The van der Waals surface area contributed by atoms with E-state index in [2.05, 4.69) is 4.74 Å². The summed E-state index contributed by atoms with van der Waals surface area (Å²) in [7, 11) is 0. The van der Waals surface area contributed by atoms with Crippen LogP contribution in [0.5, 0.6) is 0 Å². The molecule has 0 aromatic heterocycles. The van der Waals surface area contributed by atoms with Crippen LogP contribution in [0.1, 0.15) is 27.7 Å². The van der Waals surface area contributed by atoms with E-state index >= 15 is 0 Å². The van der Waals surface area contributed by atoms with Gasteiger partial charge in [0.2, 0.25) is 0 Å². The van der Waals surface area contributed by atoms with Gasteiger partial charge < -0.3 is 18.9 Å². The van der Waals surface area contributed by atoms with Gasteiger partial charge in [-0.25, -0.2) is 4.79 Å².